The Bertz CT molecular complexity index is 790. The van der Waals surface area contributed by atoms with E-state index >= 15 is 0 Å². The van der Waals surface area contributed by atoms with E-state index in [1.807, 2.05) is 0 Å². The number of aromatic nitrogens is 2. The Morgan fingerprint density at radius 3 is 2.33 bits per heavy atom. The molecule has 0 aliphatic rings. The number of primary sulfonamides is 1. The van der Waals surface area contributed by atoms with E-state index in [1.54, 1.807) is 0 Å². The molecule has 0 aliphatic carbocycles. The number of nitrogens with two attached hydrogens (primary N) is 2. The van der Waals surface area contributed by atoms with E-state index < -0.39 is 20.6 Å². The van der Waals surface area contributed by atoms with Crippen LogP contribution in [0.3, 0.4) is 0 Å². The van der Waals surface area contributed by atoms with Crippen molar-refractivity contribution < 1.29 is 13.3 Å². The summed E-state index contributed by atoms with van der Waals surface area (Å²) in [6, 6.07) is 5.30. The lowest BCUT2D eigenvalue weighted by Crippen LogP contribution is -2.11. The highest BCUT2D eigenvalue weighted by Crippen LogP contribution is 2.29. The molecule has 0 spiro atoms. The molecule has 10 nitrogen and oxygen atoms in total. The van der Waals surface area contributed by atoms with Gasteiger partial charge in [-0.2, -0.15) is 0 Å². The molecule has 0 saturated carbocycles. The van der Waals surface area contributed by atoms with Crippen LogP contribution in [0.5, 0.6) is 0 Å². The van der Waals surface area contributed by atoms with Gasteiger partial charge in [-0.3, -0.25) is 10.1 Å². The summed E-state index contributed by atoms with van der Waals surface area (Å²) in [6.07, 6.45) is 1.07. The molecule has 2 aromatic rings. The number of hydrogen-bond donors (Lipinski definition) is 3. The van der Waals surface area contributed by atoms with Crippen LogP contribution in [0.25, 0.3) is 0 Å². The molecule has 1 aromatic carbocycles. The van der Waals surface area contributed by atoms with Gasteiger partial charge in [0, 0.05) is 5.69 Å². The third-order valence-corrected chi connectivity index (χ3v) is 3.41. The van der Waals surface area contributed by atoms with Crippen LogP contribution in [0.4, 0.5) is 23.0 Å². The van der Waals surface area contributed by atoms with Gasteiger partial charge in [0.1, 0.15) is 6.33 Å². The molecule has 1 heterocycles. The lowest BCUT2D eigenvalue weighted by molar-refractivity contribution is -0.383. The second kappa shape index (κ2) is 5.30. The highest BCUT2D eigenvalue weighted by Gasteiger charge is 2.21. The number of hydrogen-bond acceptors (Lipinski definition) is 8. The van der Waals surface area contributed by atoms with Crippen molar-refractivity contribution in [3.63, 3.8) is 0 Å². The van der Waals surface area contributed by atoms with Crippen molar-refractivity contribution in [3.05, 3.63) is 40.7 Å². The maximum atomic E-state index is 11.1. The fourth-order valence-electron chi connectivity index (χ4n) is 1.53. The Labute approximate surface area is 119 Å². The number of rotatable bonds is 4. The number of benzene rings is 1. The predicted molar refractivity (Wildman–Crippen MR) is 74.2 cm³/mol. The zero-order chi connectivity index (χ0) is 15.6. The molecule has 0 saturated heterocycles. The summed E-state index contributed by atoms with van der Waals surface area (Å²) in [5, 5.41) is 18.6. The van der Waals surface area contributed by atoms with Gasteiger partial charge in [0.25, 0.3) is 0 Å². The third-order valence-electron chi connectivity index (χ3n) is 2.48. The summed E-state index contributed by atoms with van der Waals surface area (Å²) >= 11 is 0. The molecule has 21 heavy (non-hydrogen) atoms. The van der Waals surface area contributed by atoms with E-state index in [0.29, 0.717) is 5.69 Å². The quantitative estimate of drug-likeness (QED) is 0.537. The highest BCUT2D eigenvalue weighted by molar-refractivity contribution is 7.89. The van der Waals surface area contributed by atoms with Crippen LogP contribution in [0.1, 0.15) is 0 Å². The number of nitrogen functional groups attached to an aromatic ring is 1. The number of anilines is 3. The van der Waals surface area contributed by atoms with Crippen molar-refractivity contribution in [2.24, 2.45) is 5.14 Å². The van der Waals surface area contributed by atoms with Crippen molar-refractivity contribution in [3.8, 4) is 0 Å². The Kier molecular flexibility index (Phi) is 3.69. The minimum atomic E-state index is -3.80. The zero-order valence-corrected chi connectivity index (χ0v) is 11.2. The van der Waals surface area contributed by atoms with Gasteiger partial charge >= 0.3 is 5.69 Å². The lowest BCUT2D eigenvalue weighted by Gasteiger charge is -2.07. The fraction of sp³-hybridized carbons (Fsp3) is 0. The van der Waals surface area contributed by atoms with E-state index in [-0.39, 0.29) is 16.5 Å². The molecule has 0 atom stereocenters. The first-order valence-corrected chi connectivity index (χ1v) is 6.98. The van der Waals surface area contributed by atoms with Crippen molar-refractivity contribution in [2.45, 2.75) is 4.90 Å². The van der Waals surface area contributed by atoms with Crippen LogP contribution in [0.2, 0.25) is 0 Å². The lowest BCUT2D eigenvalue weighted by atomic mass is 10.3. The summed E-state index contributed by atoms with van der Waals surface area (Å²) in [7, 11) is -3.80. The standard InChI is InChI=1S/C10H10N6O4S/c11-9-8(16(17)18)10(14-5-13-9)15-6-1-3-7(4-2-6)21(12,19)20/h1-5H,(H2,12,19,20)(H3,11,13,14,15). The van der Waals surface area contributed by atoms with Gasteiger partial charge in [-0.15, -0.1) is 0 Å². The smallest absolute Gasteiger partial charge is 0.353 e. The van der Waals surface area contributed by atoms with Crippen LogP contribution in [-0.2, 0) is 10.0 Å². The van der Waals surface area contributed by atoms with E-state index in [2.05, 4.69) is 15.3 Å². The largest absolute Gasteiger partial charge is 0.378 e. The first-order valence-electron chi connectivity index (χ1n) is 5.44. The Balaban J connectivity index is 2.35. The average molecular weight is 310 g/mol. The summed E-state index contributed by atoms with van der Waals surface area (Å²) in [5.41, 5.74) is 5.34. The molecular formula is C10H10N6O4S. The fourth-order valence-corrected chi connectivity index (χ4v) is 2.04. The van der Waals surface area contributed by atoms with Gasteiger partial charge in [-0.1, -0.05) is 0 Å². The van der Waals surface area contributed by atoms with Crippen LogP contribution in [-0.4, -0.2) is 23.3 Å². The van der Waals surface area contributed by atoms with E-state index in [1.165, 1.54) is 24.3 Å². The summed E-state index contributed by atoms with van der Waals surface area (Å²) < 4.78 is 22.2. The maximum absolute atomic E-state index is 11.1. The van der Waals surface area contributed by atoms with Gasteiger partial charge in [0.15, 0.2) is 0 Å². The first kappa shape index (κ1) is 14.6. The Morgan fingerprint density at radius 1 is 1.19 bits per heavy atom. The SMILES string of the molecule is Nc1ncnc(Nc2ccc(S(N)(=O)=O)cc2)c1[N+](=O)[O-]. The van der Waals surface area contributed by atoms with Gasteiger partial charge in [0.05, 0.1) is 9.82 Å². The van der Waals surface area contributed by atoms with Crippen molar-refractivity contribution in [2.75, 3.05) is 11.1 Å². The molecular weight excluding hydrogens is 300 g/mol. The predicted octanol–water partition coefficient (Wildman–Crippen LogP) is 0.358. The molecule has 11 heteroatoms. The Morgan fingerprint density at radius 2 is 1.81 bits per heavy atom. The zero-order valence-electron chi connectivity index (χ0n) is 10.4. The minimum Gasteiger partial charge on any atom is -0.378 e. The molecule has 0 aliphatic heterocycles. The van der Waals surface area contributed by atoms with Crippen LogP contribution in [0, 0.1) is 10.1 Å². The monoisotopic (exact) mass is 310 g/mol. The van der Waals surface area contributed by atoms with E-state index in [4.69, 9.17) is 10.9 Å². The second-order valence-electron chi connectivity index (χ2n) is 3.91. The van der Waals surface area contributed by atoms with E-state index in [9.17, 15) is 18.5 Å². The van der Waals surface area contributed by atoms with E-state index in [0.717, 1.165) is 6.33 Å². The van der Waals surface area contributed by atoms with Crippen LogP contribution >= 0.6 is 0 Å². The second-order valence-corrected chi connectivity index (χ2v) is 5.47. The van der Waals surface area contributed by atoms with Crippen molar-refractivity contribution in [1.29, 1.82) is 0 Å². The topological polar surface area (TPSA) is 167 Å². The normalized spacial score (nSPS) is 11.1. The van der Waals surface area contributed by atoms with Gasteiger partial charge < -0.3 is 11.1 Å². The van der Waals surface area contributed by atoms with Crippen LogP contribution < -0.4 is 16.2 Å². The van der Waals surface area contributed by atoms with Crippen molar-refractivity contribution >= 4 is 33.0 Å². The molecule has 0 fully saturated rings. The molecule has 0 radical (unpaired) electrons. The third kappa shape index (κ3) is 3.21. The molecule has 0 amide bonds. The molecule has 0 unspecified atom stereocenters. The molecule has 0 bridgehead atoms. The summed E-state index contributed by atoms with van der Waals surface area (Å²) in [5.74, 6) is -0.380. The number of nitrogens with zero attached hydrogens (tertiary/aromatic N) is 3. The molecule has 1 aromatic heterocycles. The summed E-state index contributed by atoms with van der Waals surface area (Å²) in [6.45, 7) is 0. The molecule has 2 rings (SSSR count). The first-order chi connectivity index (χ1) is 9.79. The molecule has 5 N–H and O–H groups in total. The number of nitro groups is 1. The maximum Gasteiger partial charge on any atom is 0.353 e. The minimum absolute atomic E-state index is 0.0789. The average Bonchev–Trinajstić information content (AvgIpc) is 2.38. The highest BCUT2D eigenvalue weighted by atomic mass is 32.2. The van der Waals surface area contributed by atoms with Gasteiger partial charge in [-0.25, -0.2) is 23.5 Å². The number of sulfonamides is 1. The van der Waals surface area contributed by atoms with Crippen molar-refractivity contribution in [1.82, 2.24) is 9.97 Å². The Hall–Kier alpha value is -2.79. The van der Waals surface area contributed by atoms with Gasteiger partial charge in [0.2, 0.25) is 21.7 Å². The number of nitrogens with one attached hydrogen (secondary N) is 1. The molecule has 110 valence electrons. The summed E-state index contributed by atoms with van der Waals surface area (Å²) in [4.78, 5) is 17.4. The van der Waals surface area contributed by atoms with Crippen LogP contribution in [0.15, 0.2) is 35.5 Å². The van der Waals surface area contributed by atoms with Gasteiger partial charge in [-0.05, 0) is 24.3 Å².